The Morgan fingerprint density at radius 3 is 2.71 bits per heavy atom. The van der Waals surface area contributed by atoms with E-state index < -0.39 is 0 Å². The molecule has 0 atom stereocenters. The molecule has 0 N–H and O–H groups in total. The number of rotatable bonds is 3. The molecule has 1 saturated heterocycles. The van der Waals surface area contributed by atoms with Crippen LogP contribution in [0.25, 0.3) is 10.2 Å². The summed E-state index contributed by atoms with van der Waals surface area (Å²) >= 11 is 1.55. The van der Waals surface area contributed by atoms with E-state index in [9.17, 15) is 4.79 Å². The van der Waals surface area contributed by atoms with Crippen LogP contribution >= 0.6 is 11.3 Å². The number of amides is 1. The molecule has 2 aromatic heterocycles. The molecule has 122 valence electrons. The highest BCUT2D eigenvalue weighted by atomic mass is 32.1. The van der Waals surface area contributed by atoms with Crippen molar-refractivity contribution in [3.63, 3.8) is 0 Å². The molecule has 3 nitrogen and oxygen atoms in total. The summed E-state index contributed by atoms with van der Waals surface area (Å²) in [6.45, 7) is 1.71. The number of carbonyl (C=O) groups is 1. The van der Waals surface area contributed by atoms with Crippen molar-refractivity contribution in [3.8, 4) is 0 Å². The Kier molecular flexibility index (Phi) is 4.30. The lowest BCUT2D eigenvalue weighted by atomic mass is 9.90. The molecule has 1 amide bonds. The lowest BCUT2D eigenvalue weighted by molar-refractivity contribution is 0.0693. The van der Waals surface area contributed by atoms with Crippen LogP contribution in [0.5, 0.6) is 0 Å². The van der Waals surface area contributed by atoms with Crippen molar-refractivity contribution in [2.75, 3.05) is 13.1 Å². The van der Waals surface area contributed by atoms with Crippen LogP contribution in [0, 0.1) is 5.92 Å². The minimum Gasteiger partial charge on any atom is -0.339 e. The highest BCUT2D eigenvalue weighted by molar-refractivity contribution is 7.17. The molecule has 3 aromatic rings. The molecule has 0 radical (unpaired) electrons. The van der Waals surface area contributed by atoms with Crippen molar-refractivity contribution in [1.82, 2.24) is 9.88 Å². The van der Waals surface area contributed by atoms with Gasteiger partial charge in [-0.1, -0.05) is 30.3 Å². The monoisotopic (exact) mass is 336 g/mol. The number of fused-ring (bicyclic) bond motifs is 1. The van der Waals surface area contributed by atoms with Crippen molar-refractivity contribution in [3.05, 3.63) is 65.2 Å². The van der Waals surface area contributed by atoms with Gasteiger partial charge in [0.2, 0.25) is 0 Å². The number of pyridine rings is 1. The minimum absolute atomic E-state index is 0.160. The molecule has 1 fully saturated rings. The second-order valence-electron chi connectivity index (χ2n) is 6.43. The predicted molar refractivity (Wildman–Crippen MR) is 98.4 cm³/mol. The Bertz CT molecular complexity index is 835. The van der Waals surface area contributed by atoms with Crippen LogP contribution in [0.1, 0.15) is 28.8 Å². The lowest BCUT2D eigenvalue weighted by Crippen LogP contribution is -2.38. The van der Waals surface area contributed by atoms with Gasteiger partial charge in [-0.3, -0.25) is 4.79 Å². The van der Waals surface area contributed by atoms with E-state index in [0.717, 1.165) is 48.1 Å². The number of likely N-dealkylation sites (tertiary alicyclic amines) is 1. The minimum atomic E-state index is 0.160. The molecule has 4 heteroatoms. The zero-order valence-corrected chi connectivity index (χ0v) is 14.3. The van der Waals surface area contributed by atoms with E-state index in [-0.39, 0.29) is 5.91 Å². The van der Waals surface area contributed by atoms with Gasteiger partial charge in [0.25, 0.3) is 5.91 Å². The molecule has 0 unspecified atom stereocenters. The first-order valence-electron chi connectivity index (χ1n) is 8.46. The summed E-state index contributed by atoms with van der Waals surface area (Å²) in [6.07, 6.45) is 5.07. The van der Waals surface area contributed by atoms with Gasteiger partial charge >= 0.3 is 0 Å². The fourth-order valence-corrected chi connectivity index (χ4v) is 4.38. The van der Waals surface area contributed by atoms with Crippen LogP contribution in [0.4, 0.5) is 0 Å². The van der Waals surface area contributed by atoms with Crippen LogP contribution in [0.2, 0.25) is 0 Å². The molecule has 3 heterocycles. The van der Waals surface area contributed by atoms with E-state index >= 15 is 0 Å². The largest absolute Gasteiger partial charge is 0.339 e. The average molecular weight is 336 g/mol. The van der Waals surface area contributed by atoms with E-state index in [4.69, 9.17) is 0 Å². The third kappa shape index (κ3) is 3.06. The van der Waals surface area contributed by atoms with Crippen LogP contribution in [-0.4, -0.2) is 28.9 Å². The van der Waals surface area contributed by atoms with Crippen LogP contribution in [-0.2, 0) is 6.42 Å². The third-order valence-electron chi connectivity index (χ3n) is 4.85. The van der Waals surface area contributed by atoms with E-state index in [2.05, 4.69) is 35.3 Å². The average Bonchev–Trinajstić information content (AvgIpc) is 3.07. The number of hydrogen-bond donors (Lipinski definition) is 0. The van der Waals surface area contributed by atoms with Gasteiger partial charge in [0.1, 0.15) is 4.83 Å². The Hall–Kier alpha value is -2.20. The molecule has 1 aromatic carbocycles. The molecule has 0 saturated carbocycles. The highest BCUT2D eigenvalue weighted by Gasteiger charge is 2.25. The molecule has 0 aliphatic carbocycles. The van der Waals surface area contributed by atoms with Crippen LogP contribution < -0.4 is 0 Å². The number of hydrogen-bond acceptors (Lipinski definition) is 3. The van der Waals surface area contributed by atoms with Crippen LogP contribution in [0.3, 0.4) is 0 Å². The second-order valence-corrected chi connectivity index (χ2v) is 7.29. The van der Waals surface area contributed by atoms with Gasteiger partial charge in [0, 0.05) is 30.1 Å². The van der Waals surface area contributed by atoms with Gasteiger partial charge in [-0.25, -0.2) is 4.98 Å². The Labute approximate surface area is 146 Å². The fourth-order valence-electron chi connectivity index (χ4n) is 3.49. The standard InChI is InChI=1S/C20H20N2OS/c23-20(18-14-24-19-17(18)7-4-10-21-19)22-11-8-16(9-12-22)13-15-5-2-1-3-6-15/h1-7,10,14,16H,8-9,11-13H2. The maximum Gasteiger partial charge on any atom is 0.255 e. The molecule has 0 spiro atoms. The Balaban J connectivity index is 1.41. The summed E-state index contributed by atoms with van der Waals surface area (Å²) in [5.74, 6) is 0.838. The van der Waals surface area contributed by atoms with Crippen molar-refractivity contribution in [2.45, 2.75) is 19.3 Å². The zero-order chi connectivity index (χ0) is 16.4. The molecule has 4 rings (SSSR count). The number of piperidine rings is 1. The number of carbonyl (C=O) groups excluding carboxylic acids is 1. The van der Waals surface area contributed by atoms with E-state index in [1.807, 2.05) is 22.4 Å². The molecule has 24 heavy (non-hydrogen) atoms. The topological polar surface area (TPSA) is 33.2 Å². The van der Waals surface area contributed by atoms with Gasteiger partial charge in [0.15, 0.2) is 0 Å². The van der Waals surface area contributed by atoms with Gasteiger partial charge < -0.3 is 4.90 Å². The summed E-state index contributed by atoms with van der Waals surface area (Å²) in [5, 5.41) is 2.94. The molecular weight excluding hydrogens is 316 g/mol. The number of aromatic nitrogens is 1. The summed E-state index contributed by atoms with van der Waals surface area (Å²) in [7, 11) is 0. The fraction of sp³-hybridized carbons (Fsp3) is 0.300. The molecule has 0 bridgehead atoms. The normalized spacial score (nSPS) is 15.8. The van der Waals surface area contributed by atoms with Crippen molar-refractivity contribution < 1.29 is 4.79 Å². The summed E-state index contributed by atoms with van der Waals surface area (Å²) < 4.78 is 0. The van der Waals surface area contributed by atoms with Crippen LogP contribution in [0.15, 0.2) is 54.0 Å². The van der Waals surface area contributed by atoms with E-state index in [1.54, 1.807) is 17.5 Å². The number of benzene rings is 1. The van der Waals surface area contributed by atoms with Crippen molar-refractivity contribution in [2.24, 2.45) is 5.92 Å². The third-order valence-corrected chi connectivity index (χ3v) is 5.75. The molecular formula is C20H20N2OS. The van der Waals surface area contributed by atoms with Crippen molar-refractivity contribution >= 4 is 27.5 Å². The predicted octanol–water partition coefficient (Wildman–Crippen LogP) is 4.39. The zero-order valence-electron chi connectivity index (χ0n) is 13.5. The van der Waals surface area contributed by atoms with Crippen molar-refractivity contribution in [1.29, 1.82) is 0 Å². The van der Waals surface area contributed by atoms with Gasteiger partial charge in [-0.05, 0) is 42.9 Å². The van der Waals surface area contributed by atoms with Gasteiger partial charge in [0.05, 0.1) is 5.56 Å². The van der Waals surface area contributed by atoms with E-state index in [1.165, 1.54) is 5.56 Å². The SMILES string of the molecule is O=C(c1csc2ncccc12)N1CCC(Cc2ccccc2)CC1. The van der Waals surface area contributed by atoms with Gasteiger partial charge in [-0.2, -0.15) is 0 Å². The highest BCUT2D eigenvalue weighted by Crippen LogP contribution is 2.27. The second kappa shape index (κ2) is 6.73. The first kappa shape index (κ1) is 15.3. The Morgan fingerprint density at radius 2 is 1.92 bits per heavy atom. The first-order valence-corrected chi connectivity index (χ1v) is 9.34. The summed E-state index contributed by atoms with van der Waals surface area (Å²) in [6, 6.07) is 14.6. The smallest absolute Gasteiger partial charge is 0.255 e. The maximum absolute atomic E-state index is 12.8. The number of thiophene rings is 1. The van der Waals surface area contributed by atoms with E-state index in [0.29, 0.717) is 5.92 Å². The maximum atomic E-state index is 12.8. The summed E-state index contributed by atoms with van der Waals surface area (Å²) in [5.41, 5.74) is 2.21. The quantitative estimate of drug-likeness (QED) is 0.710. The summed E-state index contributed by atoms with van der Waals surface area (Å²) in [4.78, 5) is 20.1. The lowest BCUT2D eigenvalue weighted by Gasteiger charge is -2.32. The Morgan fingerprint density at radius 1 is 1.12 bits per heavy atom. The molecule has 1 aliphatic heterocycles. The molecule has 1 aliphatic rings. The number of nitrogens with zero attached hydrogens (tertiary/aromatic N) is 2. The van der Waals surface area contributed by atoms with Gasteiger partial charge in [-0.15, -0.1) is 11.3 Å². The first-order chi connectivity index (χ1) is 11.8.